The van der Waals surface area contributed by atoms with Crippen LogP contribution in [0.25, 0.3) is 0 Å². The van der Waals surface area contributed by atoms with E-state index in [-0.39, 0.29) is 17.5 Å². The molecule has 0 bridgehead atoms. The minimum atomic E-state index is -0.293. The summed E-state index contributed by atoms with van der Waals surface area (Å²) in [6, 6.07) is 0. The van der Waals surface area contributed by atoms with Gasteiger partial charge in [-0.05, 0) is 13.3 Å². The van der Waals surface area contributed by atoms with Crippen LogP contribution in [0.3, 0.4) is 0 Å². The smallest absolute Gasteiger partial charge is 0.309 e. The molecule has 1 aliphatic rings. The second-order valence-corrected chi connectivity index (χ2v) is 4.29. The van der Waals surface area contributed by atoms with Gasteiger partial charge in [0.15, 0.2) is 0 Å². The van der Waals surface area contributed by atoms with Crippen molar-refractivity contribution in [3.63, 3.8) is 0 Å². The highest BCUT2D eigenvalue weighted by atomic mass is 16.6. The largest absolute Gasteiger partial charge is 0.459 e. The summed E-state index contributed by atoms with van der Waals surface area (Å²) in [6.45, 7) is 7.30. The molecule has 1 fully saturated rings. The average Bonchev–Trinajstić information content (AvgIpc) is 2.17. The van der Waals surface area contributed by atoms with E-state index >= 15 is 0 Å². The van der Waals surface area contributed by atoms with Gasteiger partial charge in [-0.1, -0.05) is 13.8 Å². The second kappa shape index (κ2) is 4.78. The molecule has 82 valence electrons. The lowest BCUT2D eigenvalue weighted by molar-refractivity contribution is -0.171. The summed E-state index contributed by atoms with van der Waals surface area (Å²) < 4.78 is 10.8. The molecule has 1 aliphatic heterocycles. The first-order chi connectivity index (χ1) is 6.57. The highest BCUT2D eigenvalue weighted by Crippen LogP contribution is 2.25. The molecule has 0 radical (unpaired) electrons. The molecule has 0 saturated carbocycles. The first-order valence-corrected chi connectivity index (χ1v) is 5.38. The van der Waals surface area contributed by atoms with E-state index in [9.17, 15) is 4.79 Å². The van der Waals surface area contributed by atoms with Crippen LogP contribution in [0, 0.1) is 5.92 Å². The van der Waals surface area contributed by atoms with E-state index in [2.05, 4.69) is 0 Å². The maximum absolute atomic E-state index is 11.6. The zero-order valence-corrected chi connectivity index (χ0v) is 9.34. The highest BCUT2D eigenvalue weighted by molar-refractivity contribution is 5.72. The Hall–Kier alpha value is -0.570. The van der Waals surface area contributed by atoms with Gasteiger partial charge in [-0.2, -0.15) is 0 Å². The molecule has 14 heavy (non-hydrogen) atoms. The number of carbonyl (C=O) groups is 1. The van der Waals surface area contributed by atoms with Gasteiger partial charge in [0.1, 0.15) is 5.60 Å². The minimum absolute atomic E-state index is 0.00895. The van der Waals surface area contributed by atoms with E-state index in [4.69, 9.17) is 9.47 Å². The Morgan fingerprint density at radius 2 is 2.07 bits per heavy atom. The van der Waals surface area contributed by atoms with Crippen LogP contribution in [-0.2, 0) is 14.3 Å². The number of esters is 1. The van der Waals surface area contributed by atoms with E-state index in [1.807, 2.05) is 20.8 Å². The van der Waals surface area contributed by atoms with Gasteiger partial charge in [-0.25, -0.2) is 0 Å². The molecule has 0 aliphatic carbocycles. The van der Waals surface area contributed by atoms with E-state index in [0.29, 0.717) is 13.2 Å². The molecule has 0 N–H and O–H groups in total. The number of ether oxygens (including phenoxy) is 2. The van der Waals surface area contributed by atoms with E-state index in [1.165, 1.54) is 0 Å². The number of carbonyl (C=O) groups excluding carboxylic acids is 1. The Morgan fingerprint density at radius 1 is 1.50 bits per heavy atom. The molecular weight excluding hydrogens is 180 g/mol. The number of hydrogen-bond acceptors (Lipinski definition) is 3. The Balaban J connectivity index is 2.44. The van der Waals surface area contributed by atoms with Crippen molar-refractivity contribution >= 4 is 5.97 Å². The average molecular weight is 200 g/mol. The standard InChI is InChI=1S/C11H20O3/c1-4-9(2)10(12)14-11(3)5-7-13-8-6-11/h9H,4-8H2,1-3H3. The molecule has 0 aromatic rings. The molecule has 1 saturated heterocycles. The van der Waals surface area contributed by atoms with Crippen molar-refractivity contribution in [1.29, 1.82) is 0 Å². The molecule has 1 atom stereocenters. The quantitative estimate of drug-likeness (QED) is 0.655. The maximum atomic E-state index is 11.6. The third kappa shape index (κ3) is 2.98. The van der Waals surface area contributed by atoms with Gasteiger partial charge >= 0.3 is 5.97 Å². The van der Waals surface area contributed by atoms with Gasteiger partial charge in [-0.15, -0.1) is 0 Å². The Bertz CT molecular complexity index is 195. The van der Waals surface area contributed by atoms with Crippen LogP contribution in [0.15, 0.2) is 0 Å². The second-order valence-electron chi connectivity index (χ2n) is 4.29. The van der Waals surface area contributed by atoms with Crippen molar-refractivity contribution in [2.45, 2.75) is 45.6 Å². The maximum Gasteiger partial charge on any atom is 0.309 e. The van der Waals surface area contributed by atoms with Crippen LogP contribution in [0.1, 0.15) is 40.0 Å². The molecule has 0 spiro atoms. The Labute approximate surface area is 85.8 Å². The van der Waals surface area contributed by atoms with Gasteiger partial charge in [-0.3, -0.25) is 4.79 Å². The molecule has 0 amide bonds. The van der Waals surface area contributed by atoms with Crippen LogP contribution in [0.5, 0.6) is 0 Å². The van der Waals surface area contributed by atoms with Crippen LogP contribution >= 0.6 is 0 Å². The van der Waals surface area contributed by atoms with Crippen LogP contribution < -0.4 is 0 Å². The monoisotopic (exact) mass is 200 g/mol. The van der Waals surface area contributed by atoms with Gasteiger partial charge in [0.2, 0.25) is 0 Å². The third-order valence-electron chi connectivity index (χ3n) is 2.91. The number of rotatable bonds is 3. The SMILES string of the molecule is CCC(C)C(=O)OC1(C)CCOCC1. The van der Waals surface area contributed by atoms with Crippen LogP contribution in [0.4, 0.5) is 0 Å². The summed E-state index contributed by atoms with van der Waals surface area (Å²) in [5, 5.41) is 0. The summed E-state index contributed by atoms with van der Waals surface area (Å²) in [5.41, 5.74) is -0.293. The molecular formula is C11H20O3. The molecule has 1 unspecified atom stereocenters. The summed E-state index contributed by atoms with van der Waals surface area (Å²) in [4.78, 5) is 11.6. The van der Waals surface area contributed by atoms with Crippen molar-refractivity contribution in [2.24, 2.45) is 5.92 Å². The fourth-order valence-corrected chi connectivity index (χ4v) is 1.42. The normalized spacial score (nSPS) is 22.8. The predicted molar refractivity (Wildman–Crippen MR) is 54.0 cm³/mol. The van der Waals surface area contributed by atoms with Crippen molar-refractivity contribution < 1.29 is 14.3 Å². The van der Waals surface area contributed by atoms with Crippen molar-refractivity contribution in [3.8, 4) is 0 Å². The van der Waals surface area contributed by atoms with Gasteiger partial charge < -0.3 is 9.47 Å². The van der Waals surface area contributed by atoms with Crippen molar-refractivity contribution in [1.82, 2.24) is 0 Å². The minimum Gasteiger partial charge on any atom is -0.459 e. The van der Waals surface area contributed by atoms with E-state index in [0.717, 1.165) is 19.3 Å². The summed E-state index contributed by atoms with van der Waals surface area (Å²) >= 11 is 0. The molecule has 3 heteroatoms. The lowest BCUT2D eigenvalue weighted by atomic mass is 9.96. The lowest BCUT2D eigenvalue weighted by Crippen LogP contribution is -2.39. The molecule has 0 aromatic carbocycles. The molecule has 3 nitrogen and oxygen atoms in total. The van der Waals surface area contributed by atoms with Gasteiger partial charge in [0.05, 0.1) is 19.1 Å². The van der Waals surface area contributed by atoms with E-state index < -0.39 is 0 Å². The summed E-state index contributed by atoms with van der Waals surface area (Å²) in [5.74, 6) is -0.0634. The highest BCUT2D eigenvalue weighted by Gasteiger charge is 2.32. The zero-order chi connectivity index (χ0) is 10.6. The third-order valence-corrected chi connectivity index (χ3v) is 2.91. The van der Waals surface area contributed by atoms with Crippen LogP contribution in [0.2, 0.25) is 0 Å². The van der Waals surface area contributed by atoms with Gasteiger partial charge in [0, 0.05) is 12.8 Å². The summed E-state index contributed by atoms with van der Waals surface area (Å²) in [7, 11) is 0. The lowest BCUT2D eigenvalue weighted by Gasteiger charge is -2.33. The van der Waals surface area contributed by atoms with Crippen molar-refractivity contribution in [2.75, 3.05) is 13.2 Å². The molecule has 1 heterocycles. The first-order valence-electron chi connectivity index (χ1n) is 5.38. The number of hydrogen-bond donors (Lipinski definition) is 0. The fraction of sp³-hybridized carbons (Fsp3) is 0.909. The molecule has 0 aromatic heterocycles. The first kappa shape index (κ1) is 11.5. The fourth-order valence-electron chi connectivity index (χ4n) is 1.42. The predicted octanol–water partition coefficient (Wildman–Crippen LogP) is 2.14. The zero-order valence-electron chi connectivity index (χ0n) is 9.34. The van der Waals surface area contributed by atoms with Crippen LogP contribution in [-0.4, -0.2) is 24.8 Å². The van der Waals surface area contributed by atoms with Gasteiger partial charge in [0.25, 0.3) is 0 Å². The summed E-state index contributed by atoms with van der Waals surface area (Å²) in [6.07, 6.45) is 2.47. The topological polar surface area (TPSA) is 35.5 Å². The molecule has 1 rings (SSSR count). The Kier molecular flexibility index (Phi) is 3.93. The Morgan fingerprint density at radius 3 is 2.57 bits per heavy atom. The van der Waals surface area contributed by atoms with E-state index in [1.54, 1.807) is 0 Å². The van der Waals surface area contributed by atoms with Crippen molar-refractivity contribution in [3.05, 3.63) is 0 Å².